The Hall–Kier alpha value is -3.77. The second-order valence-corrected chi connectivity index (χ2v) is 8.02. The van der Waals surface area contributed by atoms with Crippen LogP contribution in [0.1, 0.15) is 16.7 Å². The topological polar surface area (TPSA) is 67.9 Å². The Labute approximate surface area is 197 Å². The molecular weight excluding hydrogens is 440 g/mol. The maximum Gasteiger partial charge on any atom is 0.282 e. The van der Waals surface area contributed by atoms with Crippen molar-refractivity contribution < 1.29 is 19.1 Å². The van der Waals surface area contributed by atoms with Gasteiger partial charge < -0.3 is 14.8 Å². The molecule has 0 aromatic heterocycles. The number of nitrogens with one attached hydrogen (secondary N) is 1. The number of para-hydroxylation sites is 1. The minimum Gasteiger partial charge on any atom is -0.496 e. The van der Waals surface area contributed by atoms with Crippen molar-refractivity contribution in [2.75, 3.05) is 24.4 Å². The number of hydrogen-bond acceptors (Lipinski definition) is 5. The lowest BCUT2D eigenvalue weighted by Gasteiger charge is -2.19. The van der Waals surface area contributed by atoms with Crippen LogP contribution in [0.3, 0.4) is 0 Å². The maximum absolute atomic E-state index is 13.7. The number of aryl methyl sites for hydroxylation is 1. The van der Waals surface area contributed by atoms with Crippen LogP contribution in [0.4, 0.5) is 11.4 Å². The van der Waals surface area contributed by atoms with Gasteiger partial charge >= 0.3 is 0 Å². The Kier molecular flexibility index (Phi) is 6.11. The second kappa shape index (κ2) is 9.00. The quantitative estimate of drug-likeness (QED) is 0.499. The zero-order chi connectivity index (χ0) is 23.7. The average molecular weight is 463 g/mol. The summed E-state index contributed by atoms with van der Waals surface area (Å²) in [6.45, 7) is 3.71. The van der Waals surface area contributed by atoms with Gasteiger partial charge in [-0.2, -0.15) is 0 Å². The molecule has 33 heavy (non-hydrogen) atoms. The Morgan fingerprint density at radius 3 is 2.30 bits per heavy atom. The first kappa shape index (κ1) is 22.4. The van der Waals surface area contributed by atoms with Gasteiger partial charge in [-0.05, 0) is 55.3 Å². The lowest BCUT2D eigenvalue weighted by molar-refractivity contribution is -0.120. The molecule has 1 aliphatic rings. The number of amides is 2. The number of nitrogens with zero attached hydrogens (tertiary/aromatic N) is 1. The van der Waals surface area contributed by atoms with Crippen LogP contribution in [-0.2, 0) is 9.59 Å². The van der Waals surface area contributed by atoms with Crippen molar-refractivity contribution in [1.82, 2.24) is 0 Å². The van der Waals surface area contributed by atoms with Crippen molar-refractivity contribution in [2.24, 2.45) is 0 Å². The fourth-order valence-electron chi connectivity index (χ4n) is 3.86. The van der Waals surface area contributed by atoms with E-state index in [1.54, 1.807) is 62.6 Å². The molecule has 4 rings (SSSR count). The molecule has 0 saturated carbocycles. The van der Waals surface area contributed by atoms with Gasteiger partial charge in [0.15, 0.2) is 0 Å². The Balaban J connectivity index is 1.92. The number of methoxy groups -OCH3 is 2. The molecule has 0 aliphatic carbocycles. The molecule has 1 N–H and O–H groups in total. The summed E-state index contributed by atoms with van der Waals surface area (Å²) >= 11 is 6.30. The molecule has 168 valence electrons. The normalized spacial score (nSPS) is 13.5. The summed E-state index contributed by atoms with van der Waals surface area (Å²) in [4.78, 5) is 28.6. The summed E-state index contributed by atoms with van der Waals surface area (Å²) in [5.41, 5.74) is 3.46. The minimum absolute atomic E-state index is 0.132. The Morgan fingerprint density at radius 2 is 1.58 bits per heavy atom. The molecule has 3 aromatic rings. The van der Waals surface area contributed by atoms with E-state index >= 15 is 0 Å². The van der Waals surface area contributed by atoms with Gasteiger partial charge in [0, 0.05) is 10.6 Å². The average Bonchev–Trinajstić information content (AvgIpc) is 3.05. The number of hydrogen-bond donors (Lipinski definition) is 1. The number of anilines is 2. The SMILES string of the molecule is COc1ccc(C)cc1NC1=C(c2ccccc2OC)C(=O)N(c2cccc(Cl)c2C)C1=O. The van der Waals surface area contributed by atoms with Crippen LogP contribution in [0.2, 0.25) is 5.02 Å². The van der Waals surface area contributed by atoms with E-state index in [4.69, 9.17) is 21.1 Å². The van der Waals surface area contributed by atoms with Gasteiger partial charge in [0.1, 0.15) is 17.2 Å². The molecule has 0 fully saturated rings. The largest absolute Gasteiger partial charge is 0.496 e. The van der Waals surface area contributed by atoms with E-state index < -0.39 is 11.8 Å². The molecule has 0 spiro atoms. The number of imide groups is 1. The Morgan fingerprint density at radius 1 is 0.848 bits per heavy atom. The molecule has 1 aliphatic heterocycles. The van der Waals surface area contributed by atoms with Gasteiger partial charge in [-0.15, -0.1) is 0 Å². The highest BCUT2D eigenvalue weighted by atomic mass is 35.5. The first-order chi connectivity index (χ1) is 15.9. The van der Waals surface area contributed by atoms with E-state index in [0.29, 0.717) is 39.0 Å². The number of ether oxygens (including phenoxy) is 2. The van der Waals surface area contributed by atoms with Gasteiger partial charge in [0.2, 0.25) is 0 Å². The van der Waals surface area contributed by atoms with E-state index in [-0.39, 0.29) is 11.3 Å². The van der Waals surface area contributed by atoms with Crippen molar-refractivity contribution in [2.45, 2.75) is 13.8 Å². The van der Waals surface area contributed by atoms with Gasteiger partial charge in [-0.1, -0.05) is 41.9 Å². The monoisotopic (exact) mass is 462 g/mol. The van der Waals surface area contributed by atoms with Crippen molar-refractivity contribution in [1.29, 1.82) is 0 Å². The van der Waals surface area contributed by atoms with Gasteiger partial charge in [0.05, 0.1) is 31.2 Å². The molecule has 0 unspecified atom stereocenters. The molecule has 0 bridgehead atoms. The van der Waals surface area contributed by atoms with Crippen LogP contribution in [0.5, 0.6) is 11.5 Å². The predicted molar refractivity (Wildman–Crippen MR) is 130 cm³/mol. The van der Waals surface area contributed by atoms with E-state index in [1.807, 2.05) is 19.1 Å². The lowest BCUT2D eigenvalue weighted by atomic mass is 10.0. The predicted octanol–water partition coefficient (Wildman–Crippen LogP) is 5.37. The number of carbonyl (C=O) groups is 2. The molecule has 0 saturated heterocycles. The maximum atomic E-state index is 13.7. The van der Waals surface area contributed by atoms with Crippen LogP contribution < -0.4 is 19.7 Å². The van der Waals surface area contributed by atoms with Gasteiger partial charge in [-0.3, -0.25) is 9.59 Å². The molecule has 6 nitrogen and oxygen atoms in total. The van der Waals surface area contributed by atoms with Crippen LogP contribution in [0.15, 0.2) is 66.4 Å². The van der Waals surface area contributed by atoms with Gasteiger partial charge in [-0.25, -0.2) is 4.90 Å². The fourth-order valence-corrected chi connectivity index (χ4v) is 4.03. The van der Waals surface area contributed by atoms with Gasteiger partial charge in [0.25, 0.3) is 11.8 Å². The fraction of sp³-hybridized carbons (Fsp3) is 0.154. The van der Waals surface area contributed by atoms with E-state index in [2.05, 4.69) is 5.32 Å². The summed E-state index contributed by atoms with van der Waals surface area (Å²) in [5, 5.41) is 3.64. The summed E-state index contributed by atoms with van der Waals surface area (Å²) in [6, 6.07) is 17.8. The minimum atomic E-state index is -0.491. The number of rotatable bonds is 6. The molecule has 0 radical (unpaired) electrons. The molecule has 7 heteroatoms. The number of halogens is 1. The number of carbonyl (C=O) groups excluding carboxylic acids is 2. The zero-order valence-electron chi connectivity index (χ0n) is 18.7. The van der Waals surface area contributed by atoms with E-state index in [1.165, 1.54) is 7.11 Å². The summed E-state index contributed by atoms with van der Waals surface area (Å²) in [7, 11) is 3.07. The third-order valence-electron chi connectivity index (χ3n) is 5.55. The van der Waals surface area contributed by atoms with Crippen molar-refractivity contribution >= 4 is 40.4 Å². The lowest BCUT2D eigenvalue weighted by Crippen LogP contribution is -2.33. The first-order valence-corrected chi connectivity index (χ1v) is 10.7. The Bertz CT molecular complexity index is 1300. The zero-order valence-corrected chi connectivity index (χ0v) is 19.5. The van der Waals surface area contributed by atoms with Crippen LogP contribution >= 0.6 is 11.6 Å². The van der Waals surface area contributed by atoms with Crippen LogP contribution in [0.25, 0.3) is 5.57 Å². The second-order valence-electron chi connectivity index (χ2n) is 7.61. The highest BCUT2D eigenvalue weighted by Crippen LogP contribution is 2.40. The molecule has 1 heterocycles. The number of benzene rings is 3. The molecule has 0 atom stereocenters. The van der Waals surface area contributed by atoms with Crippen molar-refractivity contribution in [3.63, 3.8) is 0 Å². The third kappa shape index (κ3) is 3.94. The third-order valence-corrected chi connectivity index (χ3v) is 5.96. The highest BCUT2D eigenvalue weighted by Gasteiger charge is 2.42. The summed E-state index contributed by atoms with van der Waals surface area (Å²) in [6.07, 6.45) is 0. The van der Waals surface area contributed by atoms with E-state index in [9.17, 15) is 9.59 Å². The van der Waals surface area contributed by atoms with Crippen molar-refractivity contribution in [3.8, 4) is 11.5 Å². The first-order valence-electron chi connectivity index (χ1n) is 10.3. The molecule has 3 aromatic carbocycles. The molecule has 2 amide bonds. The summed E-state index contributed by atoms with van der Waals surface area (Å²) < 4.78 is 11.0. The summed E-state index contributed by atoms with van der Waals surface area (Å²) in [5.74, 6) is 0.0674. The standard InChI is InChI=1S/C26H23ClN2O4/c1-15-12-13-22(33-4)19(14-15)28-24-23(17-8-5-6-11-21(17)32-3)25(30)29(26(24)31)20-10-7-9-18(27)16(20)2/h5-14,28H,1-4H3. The van der Waals surface area contributed by atoms with Crippen LogP contribution in [-0.4, -0.2) is 26.0 Å². The highest BCUT2D eigenvalue weighted by molar-refractivity contribution is 6.47. The van der Waals surface area contributed by atoms with E-state index in [0.717, 1.165) is 10.5 Å². The smallest absolute Gasteiger partial charge is 0.282 e. The molecular formula is C26H23ClN2O4. The van der Waals surface area contributed by atoms with Crippen LogP contribution in [0, 0.1) is 13.8 Å². The van der Waals surface area contributed by atoms with Crippen molar-refractivity contribution in [3.05, 3.63) is 88.1 Å².